The van der Waals surface area contributed by atoms with E-state index >= 15 is 0 Å². The molecule has 2 aromatic carbocycles. The van der Waals surface area contributed by atoms with Gasteiger partial charge < -0.3 is 10.6 Å². The molecule has 0 spiro atoms. The summed E-state index contributed by atoms with van der Waals surface area (Å²) in [6, 6.07) is 10.8. The molecule has 4 nitrogen and oxygen atoms in total. The lowest BCUT2D eigenvalue weighted by Crippen LogP contribution is -2.46. The number of rotatable bonds is 5. The van der Waals surface area contributed by atoms with Crippen LogP contribution in [-0.2, 0) is 16.0 Å². The smallest absolute Gasteiger partial charge is 0.244 e. The topological polar surface area (TPSA) is 63.4 Å². The first-order valence-corrected chi connectivity index (χ1v) is 11.0. The maximum atomic E-state index is 14.5. The molecule has 2 aromatic rings. The Labute approximate surface area is 181 Å². The molecule has 4 rings (SSSR count). The highest BCUT2D eigenvalue weighted by atomic mass is 35.5. The van der Waals surface area contributed by atoms with Crippen LogP contribution in [0.1, 0.15) is 67.3 Å². The second-order valence-corrected chi connectivity index (χ2v) is 8.74. The number of hydrogen-bond acceptors (Lipinski definition) is 2. The van der Waals surface area contributed by atoms with Crippen molar-refractivity contribution in [2.24, 2.45) is 11.7 Å². The maximum Gasteiger partial charge on any atom is 0.244 e. The highest BCUT2D eigenvalue weighted by molar-refractivity contribution is 6.30. The van der Waals surface area contributed by atoms with Crippen LogP contribution in [-0.4, -0.2) is 16.7 Å². The molecule has 0 aliphatic heterocycles. The fraction of sp³-hybridized carbons (Fsp3) is 0.417. The summed E-state index contributed by atoms with van der Waals surface area (Å²) < 4.78 is 14.5. The minimum atomic E-state index is -0.904. The number of carbonyl (C=O) groups is 2. The van der Waals surface area contributed by atoms with E-state index in [-0.39, 0.29) is 17.6 Å². The second-order valence-electron chi connectivity index (χ2n) is 8.31. The Morgan fingerprint density at radius 3 is 2.43 bits per heavy atom. The fourth-order valence-electron chi connectivity index (χ4n) is 5.03. The van der Waals surface area contributed by atoms with Crippen LogP contribution in [0.2, 0.25) is 5.02 Å². The van der Waals surface area contributed by atoms with Gasteiger partial charge in [0.25, 0.3) is 0 Å². The number of primary amides is 1. The number of nitrogens with two attached hydrogens (primary N) is 1. The van der Waals surface area contributed by atoms with Gasteiger partial charge >= 0.3 is 0 Å². The molecule has 0 unspecified atom stereocenters. The van der Waals surface area contributed by atoms with Gasteiger partial charge in [-0.15, -0.1) is 0 Å². The standard InChI is InChI=1S/C24H26ClFN2O2/c25-17-13-19-18(20(26)14-17)11-12-21(19)28(24(30)16-9-5-2-6-10-16)22(23(27)29)15-7-3-1-4-8-15/h1,3-4,7-8,13-14,16,21-22H,2,5-6,9-12H2,(H2,27,29)/t21-,22-/m1/s1. The fourth-order valence-corrected chi connectivity index (χ4v) is 5.24. The van der Waals surface area contributed by atoms with Gasteiger partial charge in [0.15, 0.2) is 0 Å². The van der Waals surface area contributed by atoms with Crippen LogP contribution >= 0.6 is 11.6 Å². The Morgan fingerprint density at radius 1 is 1.07 bits per heavy atom. The number of hydrogen-bond donors (Lipinski definition) is 1. The van der Waals surface area contributed by atoms with Crippen molar-refractivity contribution in [1.82, 2.24) is 4.90 Å². The number of carbonyl (C=O) groups excluding carboxylic acids is 2. The quantitative estimate of drug-likeness (QED) is 0.719. The number of amides is 2. The molecule has 0 bridgehead atoms. The third kappa shape index (κ3) is 3.95. The molecule has 2 atom stereocenters. The lowest BCUT2D eigenvalue weighted by molar-refractivity contribution is -0.147. The summed E-state index contributed by atoms with van der Waals surface area (Å²) in [5, 5.41) is 0.290. The minimum absolute atomic E-state index is 0.0689. The zero-order chi connectivity index (χ0) is 21.3. The van der Waals surface area contributed by atoms with Crippen molar-refractivity contribution in [2.75, 3.05) is 0 Å². The predicted octanol–water partition coefficient (Wildman–Crippen LogP) is 5.10. The summed E-state index contributed by atoms with van der Waals surface area (Å²) in [4.78, 5) is 28.1. The molecule has 1 saturated carbocycles. The molecule has 2 amide bonds. The molecule has 6 heteroatoms. The second kappa shape index (κ2) is 8.76. The average Bonchev–Trinajstić information content (AvgIpc) is 3.16. The Hall–Kier alpha value is -2.40. The van der Waals surface area contributed by atoms with E-state index in [2.05, 4.69) is 0 Å². The molecular formula is C24H26ClFN2O2. The van der Waals surface area contributed by atoms with E-state index in [0.717, 1.165) is 32.1 Å². The van der Waals surface area contributed by atoms with Crippen LogP contribution in [0.4, 0.5) is 4.39 Å². The normalized spacial score (nSPS) is 19.9. The van der Waals surface area contributed by atoms with E-state index in [1.165, 1.54) is 6.07 Å². The summed E-state index contributed by atoms with van der Waals surface area (Å²) in [7, 11) is 0. The van der Waals surface area contributed by atoms with Crippen LogP contribution in [0, 0.1) is 11.7 Å². The highest BCUT2D eigenvalue weighted by Gasteiger charge is 2.42. The zero-order valence-corrected chi connectivity index (χ0v) is 17.6. The van der Waals surface area contributed by atoms with Gasteiger partial charge in [0.05, 0.1) is 6.04 Å². The molecule has 0 aromatic heterocycles. The Morgan fingerprint density at radius 2 is 1.77 bits per heavy atom. The number of benzene rings is 2. The van der Waals surface area contributed by atoms with Crippen molar-refractivity contribution in [3.05, 3.63) is 70.0 Å². The van der Waals surface area contributed by atoms with Crippen LogP contribution in [0.25, 0.3) is 0 Å². The highest BCUT2D eigenvalue weighted by Crippen LogP contribution is 2.44. The Bertz CT molecular complexity index is 944. The van der Waals surface area contributed by atoms with E-state index < -0.39 is 18.0 Å². The molecule has 158 valence electrons. The van der Waals surface area contributed by atoms with E-state index in [0.29, 0.717) is 34.6 Å². The summed E-state index contributed by atoms with van der Waals surface area (Å²) in [6.45, 7) is 0. The van der Waals surface area contributed by atoms with Crippen molar-refractivity contribution in [1.29, 1.82) is 0 Å². The molecule has 2 aliphatic carbocycles. The molecule has 30 heavy (non-hydrogen) atoms. The minimum Gasteiger partial charge on any atom is -0.368 e. The van der Waals surface area contributed by atoms with Crippen molar-refractivity contribution in [2.45, 2.75) is 57.0 Å². The van der Waals surface area contributed by atoms with Gasteiger partial charge in [0.1, 0.15) is 11.9 Å². The van der Waals surface area contributed by atoms with Gasteiger partial charge in [-0.25, -0.2) is 4.39 Å². The zero-order valence-electron chi connectivity index (χ0n) is 16.8. The van der Waals surface area contributed by atoms with Crippen molar-refractivity contribution in [3.8, 4) is 0 Å². The first kappa shape index (κ1) is 20.9. The number of halogens is 2. The third-order valence-electron chi connectivity index (χ3n) is 6.43. The summed E-state index contributed by atoms with van der Waals surface area (Å²) in [6.07, 6.45) is 5.77. The molecule has 0 radical (unpaired) electrons. The molecule has 0 saturated heterocycles. The van der Waals surface area contributed by atoms with E-state index in [1.54, 1.807) is 11.0 Å². The molecule has 2 aliphatic rings. The van der Waals surface area contributed by atoms with E-state index in [1.807, 2.05) is 30.3 Å². The van der Waals surface area contributed by atoms with E-state index in [9.17, 15) is 14.0 Å². The first-order chi connectivity index (χ1) is 14.5. The summed E-state index contributed by atoms with van der Waals surface area (Å²) in [5.74, 6) is -1.15. The maximum absolute atomic E-state index is 14.5. The van der Waals surface area contributed by atoms with Gasteiger partial charge in [0, 0.05) is 10.9 Å². The SMILES string of the molecule is NC(=O)[C@@H](c1ccccc1)N(C(=O)C1CCCCC1)[C@@H]1CCc2c(F)cc(Cl)cc21. The van der Waals surface area contributed by atoms with Crippen LogP contribution < -0.4 is 5.73 Å². The summed E-state index contributed by atoms with van der Waals surface area (Å²) >= 11 is 6.15. The molecule has 0 heterocycles. The largest absolute Gasteiger partial charge is 0.368 e. The molecule has 1 fully saturated rings. The van der Waals surface area contributed by atoms with Crippen LogP contribution in [0.5, 0.6) is 0 Å². The lowest BCUT2D eigenvalue weighted by Gasteiger charge is -2.39. The van der Waals surface area contributed by atoms with Crippen molar-refractivity contribution in [3.63, 3.8) is 0 Å². The number of fused-ring (bicyclic) bond motifs is 1. The average molecular weight is 429 g/mol. The first-order valence-electron chi connectivity index (χ1n) is 10.6. The number of nitrogens with zero attached hydrogens (tertiary/aromatic N) is 1. The van der Waals surface area contributed by atoms with Gasteiger partial charge in [0.2, 0.25) is 11.8 Å². The lowest BCUT2D eigenvalue weighted by atomic mass is 9.86. The van der Waals surface area contributed by atoms with Gasteiger partial charge in [-0.05, 0) is 54.5 Å². The van der Waals surface area contributed by atoms with Gasteiger partial charge in [-0.3, -0.25) is 9.59 Å². The molecular weight excluding hydrogens is 403 g/mol. The van der Waals surface area contributed by atoms with Crippen LogP contribution in [0.15, 0.2) is 42.5 Å². The Balaban J connectivity index is 1.81. The van der Waals surface area contributed by atoms with Gasteiger partial charge in [-0.1, -0.05) is 61.2 Å². The third-order valence-corrected chi connectivity index (χ3v) is 6.65. The predicted molar refractivity (Wildman–Crippen MR) is 114 cm³/mol. The molecule has 2 N–H and O–H groups in total. The summed E-state index contributed by atoms with van der Waals surface area (Å²) in [5.41, 5.74) is 7.78. The van der Waals surface area contributed by atoms with Crippen LogP contribution in [0.3, 0.4) is 0 Å². The Kier molecular flexibility index (Phi) is 6.09. The van der Waals surface area contributed by atoms with Crippen molar-refractivity contribution >= 4 is 23.4 Å². The van der Waals surface area contributed by atoms with Gasteiger partial charge in [-0.2, -0.15) is 0 Å². The monoisotopic (exact) mass is 428 g/mol. The van der Waals surface area contributed by atoms with E-state index in [4.69, 9.17) is 17.3 Å². The van der Waals surface area contributed by atoms with Crippen molar-refractivity contribution < 1.29 is 14.0 Å².